The Morgan fingerprint density at radius 3 is 2.31 bits per heavy atom. The van der Waals surface area contributed by atoms with Crippen LogP contribution in [-0.2, 0) is 9.59 Å². The molecular weight excluding hydrogens is 206 g/mol. The van der Waals surface area contributed by atoms with E-state index in [1.165, 1.54) is 0 Å². The third-order valence-corrected chi connectivity index (χ3v) is 2.23. The molecular formula is C12H23NO3. The van der Waals surface area contributed by atoms with Crippen LogP contribution in [0, 0.1) is 5.41 Å². The number of hydrogen-bond acceptors (Lipinski definition) is 3. The molecule has 0 aliphatic heterocycles. The van der Waals surface area contributed by atoms with Crippen LogP contribution >= 0.6 is 0 Å². The summed E-state index contributed by atoms with van der Waals surface area (Å²) in [5.74, 6) is -0.402. The Bertz CT molecular complexity index is 231. The fourth-order valence-electron chi connectivity index (χ4n) is 1.27. The van der Waals surface area contributed by atoms with Gasteiger partial charge in [-0.15, -0.1) is 0 Å². The molecule has 4 heteroatoms. The summed E-state index contributed by atoms with van der Waals surface area (Å²) < 4.78 is 0. The predicted octanol–water partition coefficient (Wildman–Crippen LogP) is 1.27. The molecule has 0 bridgehead atoms. The van der Waals surface area contributed by atoms with Crippen molar-refractivity contribution in [2.45, 2.75) is 46.5 Å². The number of aliphatic hydroxyl groups is 1. The Kier molecular flexibility index (Phi) is 6.97. The molecule has 0 rings (SSSR count). The topological polar surface area (TPSA) is 66.4 Å². The van der Waals surface area contributed by atoms with Crippen LogP contribution in [0.15, 0.2) is 0 Å². The van der Waals surface area contributed by atoms with Gasteiger partial charge in [-0.2, -0.15) is 0 Å². The van der Waals surface area contributed by atoms with E-state index < -0.39 is 6.61 Å². The molecule has 2 N–H and O–H groups in total. The number of amides is 1. The van der Waals surface area contributed by atoms with Gasteiger partial charge in [0.2, 0.25) is 5.91 Å². The van der Waals surface area contributed by atoms with Crippen molar-refractivity contribution in [1.29, 1.82) is 0 Å². The highest BCUT2D eigenvalue weighted by molar-refractivity contribution is 5.85. The van der Waals surface area contributed by atoms with Gasteiger partial charge in [-0.05, 0) is 18.3 Å². The number of carbonyl (C=O) groups excluding carboxylic acids is 2. The maximum atomic E-state index is 11.2. The third-order valence-electron chi connectivity index (χ3n) is 2.23. The first kappa shape index (κ1) is 15.1. The highest BCUT2D eigenvalue weighted by atomic mass is 16.3. The minimum atomic E-state index is -0.475. The fourth-order valence-corrected chi connectivity index (χ4v) is 1.27. The van der Waals surface area contributed by atoms with E-state index in [1.54, 1.807) is 0 Å². The summed E-state index contributed by atoms with van der Waals surface area (Å²) >= 11 is 0. The molecule has 0 aliphatic rings. The van der Waals surface area contributed by atoms with Crippen LogP contribution in [0.5, 0.6) is 0 Å². The van der Waals surface area contributed by atoms with Gasteiger partial charge in [0, 0.05) is 19.4 Å². The second kappa shape index (κ2) is 7.39. The van der Waals surface area contributed by atoms with Crippen LogP contribution in [0.3, 0.4) is 0 Å². The van der Waals surface area contributed by atoms with Gasteiger partial charge < -0.3 is 10.4 Å². The molecule has 0 aromatic heterocycles. The van der Waals surface area contributed by atoms with Crippen LogP contribution in [0.2, 0.25) is 0 Å². The van der Waals surface area contributed by atoms with Crippen LogP contribution in [0.25, 0.3) is 0 Å². The lowest BCUT2D eigenvalue weighted by Crippen LogP contribution is -2.25. The maximum Gasteiger partial charge on any atom is 0.220 e. The molecule has 0 aromatic carbocycles. The van der Waals surface area contributed by atoms with Gasteiger partial charge in [-0.3, -0.25) is 9.59 Å². The number of nitrogens with one attached hydrogen (secondary N) is 1. The van der Waals surface area contributed by atoms with Crippen molar-refractivity contribution in [2.75, 3.05) is 13.2 Å². The standard InChI is InChI=1S/C12H23NO3/c1-12(2,3)7-4-8-13-11(16)6-5-10(15)9-14/h14H,4-9H2,1-3H3,(H,13,16). The fraction of sp³-hybridized carbons (Fsp3) is 0.833. The van der Waals surface area contributed by atoms with E-state index in [0.29, 0.717) is 6.54 Å². The average Bonchev–Trinajstić information content (AvgIpc) is 2.19. The molecule has 0 saturated carbocycles. The first-order chi connectivity index (χ1) is 7.35. The molecule has 0 spiro atoms. The summed E-state index contributed by atoms with van der Waals surface area (Å²) in [7, 11) is 0. The van der Waals surface area contributed by atoms with E-state index in [1.807, 2.05) is 0 Å². The lowest BCUT2D eigenvalue weighted by molar-refractivity contribution is -0.126. The summed E-state index contributed by atoms with van der Waals surface area (Å²) in [6.07, 6.45) is 2.31. The zero-order valence-corrected chi connectivity index (χ0v) is 10.5. The van der Waals surface area contributed by atoms with E-state index in [4.69, 9.17) is 5.11 Å². The Morgan fingerprint density at radius 2 is 1.81 bits per heavy atom. The van der Waals surface area contributed by atoms with E-state index in [9.17, 15) is 9.59 Å². The Balaban J connectivity index is 3.48. The third kappa shape index (κ3) is 9.65. The SMILES string of the molecule is CC(C)(C)CCCNC(=O)CCC(=O)CO. The molecule has 0 aromatic rings. The highest BCUT2D eigenvalue weighted by Gasteiger charge is 2.10. The molecule has 0 unspecified atom stereocenters. The smallest absolute Gasteiger partial charge is 0.220 e. The van der Waals surface area contributed by atoms with Gasteiger partial charge in [-0.25, -0.2) is 0 Å². The van der Waals surface area contributed by atoms with Crippen LogP contribution in [0.1, 0.15) is 46.5 Å². The molecule has 16 heavy (non-hydrogen) atoms. The van der Waals surface area contributed by atoms with Gasteiger partial charge in [0.1, 0.15) is 6.61 Å². The number of rotatable bonds is 7. The van der Waals surface area contributed by atoms with E-state index >= 15 is 0 Å². The molecule has 0 fully saturated rings. The number of Topliss-reactive ketones (excluding diaryl/α,β-unsaturated/α-hetero) is 1. The molecule has 0 aliphatic carbocycles. The zero-order valence-electron chi connectivity index (χ0n) is 10.5. The first-order valence-corrected chi connectivity index (χ1v) is 5.74. The summed E-state index contributed by atoms with van der Waals surface area (Å²) in [6.45, 7) is 6.67. The van der Waals surface area contributed by atoms with Crippen molar-refractivity contribution in [3.05, 3.63) is 0 Å². The number of hydrogen-bond donors (Lipinski definition) is 2. The molecule has 0 heterocycles. The predicted molar refractivity (Wildman–Crippen MR) is 63.0 cm³/mol. The summed E-state index contributed by atoms with van der Waals surface area (Å²) in [4.78, 5) is 22.0. The monoisotopic (exact) mass is 229 g/mol. The van der Waals surface area contributed by atoms with Crippen LogP contribution in [0.4, 0.5) is 0 Å². The molecule has 1 amide bonds. The average molecular weight is 229 g/mol. The molecule has 0 radical (unpaired) electrons. The Morgan fingerprint density at radius 1 is 1.19 bits per heavy atom. The Labute approximate surface area is 97.4 Å². The lowest BCUT2D eigenvalue weighted by atomic mass is 9.91. The van der Waals surface area contributed by atoms with Gasteiger partial charge in [-0.1, -0.05) is 20.8 Å². The highest BCUT2D eigenvalue weighted by Crippen LogP contribution is 2.19. The van der Waals surface area contributed by atoms with E-state index in [2.05, 4.69) is 26.1 Å². The number of aliphatic hydroxyl groups excluding tert-OH is 1. The number of ketones is 1. The lowest BCUT2D eigenvalue weighted by Gasteiger charge is -2.17. The second-order valence-electron chi connectivity index (χ2n) is 5.21. The largest absolute Gasteiger partial charge is 0.389 e. The van der Waals surface area contributed by atoms with E-state index in [-0.39, 0.29) is 29.9 Å². The summed E-state index contributed by atoms with van der Waals surface area (Å²) in [6, 6.07) is 0. The summed E-state index contributed by atoms with van der Waals surface area (Å²) in [5.41, 5.74) is 0.289. The molecule has 0 saturated heterocycles. The quantitative estimate of drug-likeness (QED) is 0.646. The van der Waals surface area contributed by atoms with Crippen molar-refractivity contribution in [3.63, 3.8) is 0 Å². The van der Waals surface area contributed by atoms with Gasteiger partial charge >= 0.3 is 0 Å². The normalized spacial score (nSPS) is 11.2. The Hall–Kier alpha value is -0.900. The van der Waals surface area contributed by atoms with Gasteiger partial charge in [0.05, 0.1) is 0 Å². The van der Waals surface area contributed by atoms with Gasteiger partial charge in [0.25, 0.3) is 0 Å². The minimum absolute atomic E-state index is 0.115. The maximum absolute atomic E-state index is 11.2. The second-order valence-corrected chi connectivity index (χ2v) is 5.21. The van der Waals surface area contributed by atoms with Crippen molar-refractivity contribution in [2.24, 2.45) is 5.41 Å². The molecule has 4 nitrogen and oxygen atoms in total. The number of carbonyl (C=O) groups is 2. The zero-order chi connectivity index (χ0) is 12.6. The first-order valence-electron chi connectivity index (χ1n) is 5.74. The van der Waals surface area contributed by atoms with Crippen molar-refractivity contribution in [1.82, 2.24) is 5.32 Å². The van der Waals surface area contributed by atoms with Crippen molar-refractivity contribution in [3.8, 4) is 0 Å². The minimum Gasteiger partial charge on any atom is -0.389 e. The van der Waals surface area contributed by atoms with E-state index in [0.717, 1.165) is 12.8 Å². The van der Waals surface area contributed by atoms with Crippen LogP contribution in [-0.4, -0.2) is 29.9 Å². The summed E-state index contributed by atoms with van der Waals surface area (Å²) in [5, 5.41) is 11.2. The molecule has 94 valence electrons. The van der Waals surface area contributed by atoms with Gasteiger partial charge in [0.15, 0.2) is 5.78 Å². The molecule has 0 atom stereocenters. The van der Waals surface area contributed by atoms with Crippen molar-refractivity contribution < 1.29 is 14.7 Å². The van der Waals surface area contributed by atoms with Crippen LogP contribution < -0.4 is 5.32 Å². The van der Waals surface area contributed by atoms with Crippen molar-refractivity contribution >= 4 is 11.7 Å².